The highest BCUT2D eigenvalue weighted by atomic mass is 15.1. The predicted octanol–water partition coefficient (Wildman–Crippen LogP) is 11.2. The van der Waals surface area contributed by atoms with Gasteiger partial charge in [0.1, 0.15) is 5.82 Å². The van der Waals surface area contributed by atoms with Crippen LogP contribution in [0.25, 0.3) is 55.7 Å². The molecule has 5 aromatic carbocycles. The van der Waals surface area contributed by atoms with Crippen molar-refractivity contribution >= 4 is 21.8 Å². The lowest BCUT2D eigenvalue weighted by atomic mass is 9.83. The molecule has 220 valence electrons. The minimum atomic E-state index is 0.0175. The second-order valence-corrected chi connectivity index (χ2v) is 12.3. The fourth-order valence-electron chi connectivity index (χ4n) is 6.53. The summed E-state index contributed by atoms with van der Waals surface area (Å²) in [6.07, 6.45) is 4.01. The molecule has 0 saturated carbocycles. The Hall–Kier alpha value is -4.89. The summed E-state index contributed by atoms with van der Waals surface area (Å²) in [7, 11) is 0. The van der Waals surface area contributed by atoms with Crippen LogP contribution in [-0.4, -0.2) is 14.1 Å². The molecule has 0 aliphatic heterocycles. The van der Waals surface area contributed by atoms with Gasteiger partial charge in [-0.15, -0.1) is 0 Å². The number of rotatable bonds is 4. The van der Waals surface area contributed by atoms with Crippen molar-refractivity contribution in [3.05, 3.63) is 138 Å². The Kier molecular flexibility index (Phi) is 7.73. The summed E-state index contributed by atoms with van der Waals surface area (Å²) in [4.78, 5) is 4.85. The lowest BCUT2D eigenvalue weighted by molar-refractivity contribution is 0.591. The van der Waals surface area contributed by atoms with Crippen molar-refractivity contribution in [2.45, 2.75) is 53.9 Å². The predicted molar refractivity (Wildman–Crippen MR) is 188 cm³/mol. The first-order valence-corrected chi connectivity index (χ1v) is 15.6. The van der Waals surface area contributed by atoms with Crippen LogP contribution in [0, 0.1) is 13.8 Å². The van der Waals surface area contributed by atoms with E-state index in [0.29, 0.717) is 0 Å². The van der Waals surface area contributed by atoms with E-state index in [-0.39, 0.29) is 5.41 Å². The fraction of sp³-hybridized carbons (Fsp3) is 0.195. The van der Waals surface area contributed by atoms with Gasteiger partial charge < -0.3 is 4.57 Å². The number of aromatic nitrogens is 3. The van der Waals surface area contributed by atoms with E-state index in [1.807, 2.05) is 20.0 Å². The number of imidazole rings is 1. The van der Waals surface area contributed by atoms with E-state index in [2.05, 4.69) is 159 Å². The van der Waals surface area contributed by atoms with Crippen LogP contribution < -0.4 is 0 Å². The number of fused-ring (bicyclic) bond motifs is 3. The first-order valence-electron chi connectivity index (χ1n) is 15.6. The Morgan fingerprint density at radius 1 is 0.614 bits per heavy atom. The summed E-state index contributed by atoms with van der Waals surface area (Å²) in [5, 5.41) is 2.53. The topological polar surface area (TPSA) is 22.8 Å². The van der Waals surface area contributed by atoms with Gasteiger partial charge in [0.2, 0.25) is 0 Å². The molecule has 0 aliphatic rings. The molecule has 0 saturated heterocycles. The lowest BCUT2D eigenvalue weighted by Gasteiger charge is -2.23. The second kappa shape index (κ2) is 11.7. The molecule has 0 fully saturated rings. The summed E-state index contributed by atoms with van der Waals surface area (Å²) in [5.41, 5.74) is 12.2. The third kappa shape index (κ3) is 5.03. The van der Waals surface area contributed by atoms with Crippen LogP contribution in [0.15, 0.2) is 122 Å². The second-order valence-electron chi connectivity index (χ2n) is 12.3. The minimum Gasteiger partial charge on any atom is -0.309 e. The highest BCUT2D eigenvalue weighted by Gasteiger charge is 2.22. The van der Waals surface area contributed by atoms with Crippen LogP contribution in [0.2, 0.25) is 0 Å². The number of para-hydroxylation sites is 2. The number of hydrogen-bond acceptors (Lipinski definition) is 1. The smallest absolute Gasteiger partial charge is 0.144 e. The molecule has 3 nitrogen and oxygen atoms in total. The van der Waals surface area contributed by atoms with Crippen molar-refractivity contribution in [2.24, 2.45) is 0 Å². The van der Waals surface area contributed by atoms with E-state index < -0.39 is 0 Å². The Bertz CT molecular complexity index is 2060. The average molecular weight is 576 g/mol. The molecule has 0 spiro atoms. The number of hydrogen-bond donors (Lipinski definition) is 0. The van der Waals surface area contributed by atoms with E-state index in [9.17, 15) is 0 Å². The molecule has 7 aromatic rings. The van der Waals surface area contributed by atoms with Gasteiger partial charge in [-0.05, 0) is 89.5 Å². The van der Waals surface area contributed by atoms with E-state index in [0.717, 1.165) is 5.82 Å². The van der Waals surface area contributed by atoms with Gasteiger partial charge in [0, 0.05) is 34.4 Å². The van der Waals surface area contributed by atoms with Crippen LogP contribution in [0.1, 0.15) is 51.3 Å². The maximum absolute atomic E-state index is 4.85. The van der Waals surface area contributed by atoms with Gasteiger partial charge in [-0.3, -0.25) is 4.57 Å². The van der Waals surface area contributed by atoms with Crippen LogP contribution in [0.4, 0.5) is 0 Å². The highest BCUT2D eigenvalue weighted by molar-refractivity contribution is 6.10. The van der Waals surface area contributed by atoms with E-state index >= 15 is 0 Å². The third-order valence-corrected chi connectivity index (χ3v) is 8.37. The molecule has 0 amide bonds. The van der Waals surface area contributed by atoms with Crippen LogP contribution in [0.3, 0.4) is 0 Å². The van der Waals surface area contributed by atoms with E-state index in [1.54, 1.807) is 0 Å². The third-order valence-electron chi connectivity index (χ3n) is 8.37. The molecular weight excluding hydrogens is 534 g/mol. The molecule has 2 aromatic heterocycles. The summed E-state index contributed by atoms with van der Waals surface area (Å²) < 4.78 is 4.62. The molecule has 3 heteroatoms. The maximum Gasteiger partial charge on any atom is 0.144 e. The SMILES string of the molecule is CC.Cc1cc(-c2ccc3c(c2)c2ccccc2n3-c2ccccc2)cc(C)c1-n1ccnc1-c1ccccc1C(C)(C)C. The summed E-state index contributed by atoms with van der Waals surface area (Å²) >= 11 is 0. The number of nitrogens with zero attached hydrogens (tertiary/aromatic N) is 3. The van der Waals surface area contributed by atoms with Crippen molar-refractivity contribution in [3.63, 3.8) is 0 Å². The van der Waals surface area contributed by atoms with Crippen molar-refractivity contribution in [1.29, 1.82) is 0 Å². The maximum atomic E-state index is 4.85. The molecule has 2 heterocycles. The minimum absolute atomic E-state index is 0.0175. The van der Waals surface area contributed by atoms with Crippen molar-refractivity contribution in [1.82, 2.24) is 14.1 Å². The summed E-state index contributed by atoms with van der Waals surface area (Å²) in [5.74, 6) is 0.981. The molecule has 44 heavy (non-hydrogen) atoms. The largest absolute Gasteiger partial charge is 0.309 e. The Labute approximate surface area is 261 Å². The Balaban J connectivity index is 0.00000168. The number of benzene rings is 5. The highest BCUT2D eigenvalue weighted by Crippen LogP contribution is 2.38. The van der Waals surface area contributed by atoms with Crippen molar-refractivity contribution in [3.8, 4) is 33.9 Å². The van der Waals surface area contributed by atoms with Gasteiger partial charge >= 0.3 is 0 Å². The van der Waals surface area contributed by atoms with E-state index in [1.165, 1.54) is 66.6 Å². The molecule has 0 bridgehead atoms. The summed E-state index contributed by atoms with van der Waals surface area (Å²) in [6, 6.07) is 39.5. The first-order chi connectivity index (χ1) is 21.3. The molecule has 0 N–H and O–H groups in total. The van der Waals surface area contributed by atoms with Crippen LogP contribution in [-0.2, 0) is 5.41 Å². The molecule has 0 atom stereocenters. The van der Waals surface area contributed by atoms with Crippen LogP contribution in [0.5, 0.6) is 0 Å². The zero-order valence-corrected chi connectivity index (χ0v) is 26.9. The molecule has 0 radical (unpaired) electrons. The molecular formula is C41H41N3. The van der Waals surface area contributed by atoms with Gasteiger partial charge in [0.05, 0.1) is 16.7 Å². The standard InChI is InChI=1S/C39H35N3.C2H6/c1-26-23-29(24-27(2)37(26)41-22-21-40-38(41)32-16-9-11-17-34(32)39(3,4)5)28-19-20-36-33(25-28)31-15-10-12-18-35(31)42(36)30-13-7-6-8-14-30;1-2/h6-25H,1-5H3;1-2H3. The number of aryl methyl sites for hydroxylation is 2. The zero-order chi connectivity index (χ0) is 31.0. The zero-order valence-electron chi connectivity index (χ0n) is 26.9. The van der Waals surface area contributed by atoms with Gasteiger partial charge in [-0.2, -0.15) is 0 Å². The van der Waals surface area contributed by atoms with Crippen molar-refractivity contribution < 1.29 is 0 Å². The Morgan fingerprint density at radius 2 is 1.25 bits per heavy atom. The lowest BCUT2D eigenvalue weighted by Crippen LogP contribution is -2.14. The van der Waals surface area contributed by atoms with Crippen molar-refractivity contribution in [2.75, 3.05) is 0 Å². The molecule has 0 aliphatic carbocycles. The Morgan fingerprint density at radius 3 is 1.98 bits per heavy atom. The normalized spacial score (nSPS) is 11.5. The average Bonchev–Trinajstić information content (AvgIpc) is 3.64. The monoisotopic (exact) mass is 575 g/mol. The summed E-state index contributed by atoms with van der Waals surface area (Å²) in [6.45, 7) is 15.2. The molecule has 0 unspecified atom stereocenters. The van der Waals surface area contributed by atoms with Crippen LogP contribution >= 0.6 is 0 Å². The molecule has 7 rings (SSSR count). The van der Waals surface area contributed by atoms with Gasteiger partial charge in [-0.25, -0.2) is 4.98 Å². The fourth-order valence-corrected chi connectivity index (χ4v) is 6.53. The first kappa shape index (κ1) is 29.2. The van der Waals surface area contributed by atoms with Gasteiger partial charge in [0.15, 0.2) is 0 Å². The van der Waals surface area contributed by atoms with Gasteiger partial charge in [0.25, 0.3) is 0 Å². The quantitative estimate of drug-likeness (QED) is 0.205. The van der Waals surface area contributed by atoms with E-state index in [4.69, 9.17) is 4.98 Å². The van der Waals surface area contributed by atoms with Gasteiger partial charge in [-0.1, -0.05) is 101 Å².